The SMILES string of the molecule is CC(C)C[C@H](NC(=O)C[C@H](O)[C@H](CC(C)C)NC(=O)[C@H](Cc1cnc[nH]1)NC(=O)[C@H](Cc1ccccc1)NC(=O)OC(C)(C)C)C(=O)NC(=O)CNc1ncccn1. The van der Waals surface area contributed by atoms with Crippen LogP contribution < -0.4 is 31.9 Å². The van der Waals surface area contributed by atoms with E-state index in [0.29, 0.717) is 5.69 Å². The van der Waals surface area contributed by atoms with Crippen LogP contribution in [0.2, 0.25) is 0 Å². The molecule has 1 aromatic carbocycles. The molecule has 0 aliphatic carbocycles. The zero-order chi connectivity index (χ0) is 42.8. The summed E-state index contributed by atoms with van der Waals surface area (Å²) in [6.45, 7) is 12.3. The molecular formula is C40H58N10O8. The Labute approximate surface area is 338 Å². The van der Waals surface area contributed by atoms with Crippen molar-refractivity contribution < 1.29 is 38.6 Å². The summed E-state index contributed by atoms with van der Waals surface area (Å²) in [4.78, 5) is 94.6. The summed E-state index contributed by atoms with van der Waals surface area (Å²) in [5.74, 6) is -3.28. The summed E-state index contributed by atoms with van der Waals surface area (Å²) in [6, 6.07) is 6.26. The quantitative estimate of drug-likeness (QED) is 0.0769. The van der Waals surface area contributed by atoms with Gasteiger partial charge in [0, 0.05) is 37.1 Å². The number of amides is 6. The number of imide groups is 1. The van der Waals surface area contributed by atoms with E-state index in [9.17, 15) is 33.9 Å². The highest BCUT2D eigenvalue weighted by molar-refractivity contribution is 6.00. The minimum absolute atomic E-state index is 0.0222. The Kier molecular flexibility index (Phi) is 18.2. The van der Waals surface area contributed by atoms with Crippen LogP contribution in [0.15, 0.2) is 61.3 Å². The number of nitrogens with one attached hydrogen (secondary N) is 7. The molecule has 0 radical (unpaired) electrons. The summed E-state index contributed by atoms with van der Waals surface area (Å²) >= 11 is 0. The molecular weight excluding hydrogens is 749 g/mol. The molecule has 0 fully saturated rings. The van der Waals surface area contributed by atoms with Crippen molar-refractivity contribution in [3.63, 3.8) is 0 Å². The summed E-state index contributed by atoms with van der Waals surface area (Å²) in [5, 5.41) is 27.2. The van der Waals surface area contributed by atoms with Crippen LogP contribution >= 0.6 is 0 Å². The average Bonchev–Trinajstić information content (AvgIpc) is 3.65. The van der Waals surface area contributed by atoms with E-state index in [4.69, 9.17) is 4.74 Å². The second-order valence-electron chi connectivity index (χ2n) is 15.8. The maximum atomic E-state index is 14.0. The fourth-order valence-corrected chi connectivity index (χ4v) is 5.82. The van der Waals surface area contributed by atoms with Crippen molar-refractivity contribution in [2.24, 2.45) is 11.8 Å². The van der Waals surface area contributed by atoms with Crippen molar-refractivity contribution in [1.82, 2.24) is 46.5 Å². The van der Waals surface area contributed by atoms with Crippen LogP contribution in [0.1, 0.15) is 79.0 Å². The number of rotatable bonds is 21. The summed E-state index contributed by atoms with van der Waals surface area (Å²) in [6.07, 6.45) is 3.73. The molecule has 2 aromatic heterocycles. The number of imidazole rings is 1. The molecule has 0 bridgehead atoms. The molecule has 0 unspecified atom stereocenters. The number of aromatic amines is 1. The normalized spacial score (nSPS) is 14.0. The molecule has 0 spiro atoms. The number of anilines is 1. The van der Waals surface area contributed by atoms with Gasteiger partial charge in [-0.25, -0.2) is 19.7 Å². The largest absolute Gasteiger partial charge is 0.444 e. The van der Waals surface area contributed by atoms with Gasteiger partial charge in [0.2, 0.25) is 35.5 Å². The fourth-order valence-electron chi connectivity index (χ4n) is 5.82. The molecule has 8 N–H and O–H groups in total. The summed E-state index contributed by atoms with van der Waals surface area (Å²) in [5.41, 5.74) is 0.445. The lowest BCUT2D eigenvalue weighted by atomic mass is 9.96. The third kappa shape index (κ3) is 17.5. The monoisotopic (exact) mass is 806 g/mol. The molecule has 0 aliphatic rings. The van der Waals surface area contributed by atoms with E-state index in [2.05, 4.69) is 51.8 Å². The molecule has 0 aliphatic heterocycles. The number of aliphatic hydroxyl groups excluding tert-OH is 1. The molecule has 5 atom stereocenters. The van der Waals surface area contributed by atoms with E-state index in [-0.39, 0.29) is 50.0 Å². The maximum Gasteiger partial charge on any atom is 0.408 e. The number of hydrogen-bond acceptors (Lipinski definition) is 12. The third-order valence-corrected chi connectivity index (χ3v) is 8.41. The van der Waals surface area contributed by atoms with Gasteiger partial charge >= 0.3 is 6.09 Å². The number of carbonyl (C=O) groups is 6. The van der Waals surface area contributed by atoms with Gasteiger partial charge in [-0.1, -0.05) is 58.0 Å². The number of aliphatic hydroxyl groups is 1. The molecule has 0 saturated carbocycles. The lowest BCUT2D eigenvalue weighted by molar-refractivity contribution is -0.134. The highest BCUT2D eigenvalue weighted by Crippen LogP contribution is 2.14. The fraction of sp³-hybridized carbons (Fsp3) is 0.525. The first-order chi connectivity index (χ1) is 27.4. The minimum Gasteiger partial charge on any atom is -0.444 e. The number of nitrogens with zero attached hydrogens (tertiary/aromatic N) is 3. The van der Waals surface area contributed by atoms with Crippen LogP contribution in [-0.2, 0) is 41.6 Å². The smallest absolute Gasteiger partial charge is 0.408 e. The van der Waals surface area contributed by atoms with Crippen molar-refractivity contribution in [3.8, 4) is 0 Å². The first-order valence-electron chi connectivity index (χ1n) is 19.3. The first-order valence-corrected chi connectivity index (χ1v) is 19.3. The maximum absolute atomic E-state index is 14.0. The van der Waals surface area contributed by atoms with Gasteiger partial charge < -0.3 is 41.4 Å². The van der Waals surface area contributed by atoms with E-state index in [1.165, 1.54) is 24.9 Å². The molecule has 3 rings (SSSR count). The highest BCUT2D eigenvalue weighted by Gasteiger charge is 2.33. The van der Waals surface area contributed by atoms with Crippen molar-refractivity contribution in [1.29, 1.82) is 0 Å². The number of hydrogen-bond donors (Lipinski definition) is 8. The molecule has 3 aromatic rings. The van der Waals surface area contributed by atoms with E-state index < -0.39 is 77.9 Å². The molecule has 2 heterocycles. The Morgan fingerprint density at radius 1 is 0.759 bits per heavy atom. The van der Waals surface area contributed by atoms with Gasteiger partial charge in [-0.15, -0.1) is 0 Å². The Balaban J connectivity index is 1.74. The second kappa shape index (κ2) is 22.7. The Morgan fingerprint density at radius 3 is 2.00 bits per heavy atom. The van der Waals surface area contributed by atoms with Gasteiger partial charge in [-0.3, -0.25) is 29.3 Å². The van der Waals surface area contributed by atoms with Crippen LogP contribution in [0.25, 0.3) is 0 Å². The van der Waals surface area contributed by atoms with Gasteiger partial charge in [0.25, 0.3) is 0 Å². The van der Waals surface area contributed by atoms with E-state index in [0.717, 1.165) is 5.56 Å². The number of benzene rings is 1. The molecule has 58 heavy (non-hydrogen) atoms. The third-order valence-electron chi connectivity index (χ3n) is 8.41. The van der Waals surface area contributed by atoms with Crippen molar-refractivity contribution >= 4 is 41.6 Å². The van der Waals surface area contributed by atoms with Gasteiger partial charge in [-0.05, 0) is 57.1 Å². The molecule has 316 valence electrons. The zero-order valence-corrected chi connectivity index (χ0v) is 34.2. The van der Waals surface area contributed by atoms with Crippen LogP contribution in [0.5, 0.6) is 0 Å². The van der Waals surface area contributed by atoms with Gasteiger partial charge in [0.15, 0.2) is 0 Å². The minimum atomic E-state index is -1.41. The first kappa shape index (κ1) is 46.5. The Bertz CT molecular complexity index is 1770. The van der Waals surface area contributed by atoms with Crippen molar-refractivity contribution in [3.05, 3.63) is 72.6 Å². The number of alkyl carbamates (subject to hydrolysis) is 1. The molecule has 0 saturated heterocycles. The van der Waals surface area contributed by atoms with Crippen LogP contribution in [0.3, 0.4) is 0 Å². The van der Waals surface area contributed by atoms with Crippen LogP contribution in [0, 0.1) is 11.8 Å². The predicted octanol–water partition coefficient (Wildman–Crippen LogP) is 1.93. The van der Waals surface area contributed by atoms with Gasteiger partial charge in [0.1, 0.15) is 23.7 Å². The Morgan fingerprint density at radius 2 is 1.40 bits per heavy atom. The topological polar surface area (TPSA) is 259 Å². The number of carbonyl (C=O) groups excluding carboxylic acids is 6. The lowest BCUT2D eigenvalue weighted by Crippen LogP contribution is -2.58. The highest BCUT2D eigenvalue weighted by atomic mass is 16.6. The Hall–Kier alpha value is -5.91. The zero-order valence-electron chi connectivity index (χ0n) is 34.2. The number of aromatic nitrogens is 4. The molecule has 18 heteroatoms. The predicted molar refractivity (Wildman–Crippen MR) is 215 cm³/mol. The standard InChI is InChI=1S/C40H58N10O8/c1-24(2)16-28(32(51)20-33(52)46-29(17-25(3)4)37(56)50-34(53)22-44-38-42-14-11-15-43-38)47-36(55)31(19-27-21-41-23-45-27)48-35(54)30(18-26-12-9-8-10-13-26)49-39(57)58-40(5,6)7/h8-15,21,23-25,28-32,51H,16-20,22H2,1-7H3,(H,41,45)(H,46,52)(H,47,55)(H,48,54)(H,49,57)(H,42,43,44)(H,50,53,56)/t28-,29-,30-,31-,32-/m0/s1. The van der Waals surface area contributed by atoms with Crippen LogP contribution in [0.4, 0.5) is 10.7 Å². The molecule has 18 nitrogen and oxygen atoms in total. The number of H-pyrrole nitrogens is 1. The van der Waals surface area contributed by atoms with Crippen molar-refractivity contribution in [2.45, 2.75) is 116 Å². The lowest BCUT2D eigenvalue weighted by Gasteiger charge is -2.29. The second-order valence-corrected chi connectivity index (χ2v) is 15.8. The molecule has 6 amide bonds. The van der Waals surface area contributed by atoms with Gasteiger partial charge in [0.05, 0.1) is 31.4 Å². The van der Waals surface area contributed by atoms with Gasteiger partial charge in [-0.2, -0.15) is 0 Å². The van der Waals surface area contributed by atoms with Crippen LogP contribution in [-0.4, -0.2) is 103 Å². The number of ether oxygens (including phenoxy) is 1. The van der Waals surface area contributed by atoms with Crippen molar-refractivity contribution in [2.75, 3.05) is 11.9 Å². The summed E-state index contributed by atoms with van der Waals surface area (Å²) in [7, 11) is 0. The summed E-state index contributed by atoms with van der Waals surface area (Å²) < 4.78 is 5.41. The van der Waals surface area contributed by atoms with E-state index >= 15 is 0 Å². The van der Waals surface area contributed by atoms with E-state index in [1.54, 1.807) is 51.1 Å². The van der Waals surface area contributed by atoms with E-state index in [1.807, 2.05) is 33.8 Å². The average molecular weight is 807 g/mol.